The van der Waals surface area contributed by atoms with E-state index in [9.17, 15) is 26.0 Å². The van der Waals surface area contributed by atoms with E-state index in [1.54, 1.807) is 27.9 Å². The topological polar surface area (TPSA) is 58.4 Å². The molecule has 1 saturated heterocycles. The van der Waals surface area contributed by atoms with Crippen LogP contribution in [0.1, 0.15) is 42.9 Å². The fourth-order valence-electron chi connectivity index (χ4n) is 5.08. The molecular formula is C25H28F4N4O2S. The van der Waals surface area contributed by atoms with Crippen LogP contribution in [0.15, 0.2) is 42.6 Å². The van der Waals surface area contributed by atoms with Crippen molar-refractivity contribution in [2.24, 2.45) is 0 Å². The van der Waals surface area contributed by atoms with E-state index in [4.69, 9.17) is 0 Å². The highest BCUT2D eigenvalue weighted by molar-refractivity contribution is 7.89. The molecule has 3 aromatic rings. The van der Waals surface area contributed by atoms with Crippen molar-refractivity contribution >= 4 is 20.9 Å². The van der Waals surface area contributed by atoms with Gasteiger partial charge in [0.15, 0.2) is 0 Å². The van der Waals surface area contributed by atoms with E-state index in [1.807, 2.05) is 19.1 Å². The molecule has 0 radical (unpaired) electrons. The van der Waals surface area contributed by atoms with E-state index in [1.165, 1.54) is 16.4 Å². The lowest BCUT2D eigenvalue weighted by atomic mass is 9.96. The second kappa shape index (κ2) is 9.42. The first-order valence-corrected chi connectivity index (χ1v) is 13.6. The molecule has 1 aromatic heterocycles. The SMILES string of the molecule is Cc1cc2c(cnn2-c2ccc(F)cc2)cc1C1CN(S(=O)(=O)C2CCC2)CCN1CCC(F)(F)F. The number of aromatic nitrogens is 2. The van der Waals surface area contributed by atoms with Crippen molar-refractivity contribution in [2.45, 2.75) is 50.1 Å². The Bertz CT molecular complexity index is 1350. The van der Waals surface area contributed by atoms with Crippen LogP contribution >= 0.6 is 0 Å². The zero-order valence-electron chi connectivity index (χ0n) is 19.9. The van der Waals surface area contributed by atoms with Gasteiger partial charge in [-0.05, 0) is 67.3 Å². The molecule has 0 spiro atoms. The quantitative estimate of drug-likeness (QED) is 0.428. The third-order valence-electron chi connectivity index (χ3n) is 7.36. The van der Waals surface area contributed by atoms with Gasteiger partial charge in [-0.3, -0.25) is 4.90 Å². The molecule has 36 heavy (non-hydrogen) atoms. The van der Waals surface area contributed by atoms with Gasteiger partial charge in [0.2, 0.25) is 10.0 Å². The number of piperazine rings is 1. The Morgan fingerprint density at radius 1 is 1.08 bits per heavy atom. The van der Waals surface area contributed by atoms with E-state index >= 15 is 0 Å². The van der Waals surface area contributed by atoms with Crippen LogP contribution in [0.2, 0.25) is 0 Å². The van der Waals surface area contributed by atoms with Crippen molar-refractivity contribution in [3.05, 3.63) is 59.5 Å². The molecule has 5 rings (SSSR count). The summed E-state index contributed by atoms with van der Waals surface area (Å²) in [5.74, 6) is -0.355. The second-order valence-corrected chi connectivity index (χ2v) is 11.9. The third kappa shape index (κ3) is 4.88. The first-order valence-electron chi connectivity index (χ1n) is 12.1. The maximum absolute atomic E-state index is 13.4. The predicted molar refractivity (Wildman–Crippen MR) is 129 cm³/mol. The summed E-state index contributed by atoms with van der Waals surface area (Å²) in [4.78, 5) is 1.75. The Hall–Kier alpha value is -2.50. The zero-order valence-corrected chi connectivity index (χ0v) is 20.7. The standard InChI is InChI=1S/C25H28F4N4O2S/c1-17-13-23-18(15-30-33(23)20-7-5-19(26)6-8-20)14-22(17)24-16-32(36(34,35)21-3-2-4-21)12-11-31(24)10-9-25(27,28)29/h5-8,13-15,21,24H,2-4,9-12,16H2,1H3. The van der Waals surface area contributed by atoms with Crippen LogP contribution in [0.5, 0.6) is 0 Å². The number of aryl methyl sites for hydroxylation is 1. The summed E-state index contributed by atoms with van der Waals surface area (Å²) in [5.41, 5.74) is 3.08. The maximum Gasteiger partial charge on any atom is 0.390 e. The molecule has 2 aromatic carbocycles. The lowest BCUT2D eigenvalue weighted by Gasteiger charge is -2.43. The molecule has 2 fully saturated rings. The number of benzene rings is 2. The van der Waals surface area contributed by atoms with Crippen LogP contribution in [0.25, 0.3) is 16.6 Å². The number of sulfonamides is 1. The average Bonchev–Trinajstić information content (AvgIpc) is 3.18. The molecule has 11 heteroatoms. The molecule has 1 saturated carbocycles. The Morgan fingerprint density at radius 2 is 1.81 bits per heavy atom. The van der Waals surface area contributed by atoms with E-state index in [0.29, 0.717) is 18.5 Å². The smallest absolute Gasteiger partial charge is 0.293 e. The average molecular weight is 525 g/mol. The largest absolute Gasteiger partial charge is 0.390 e. The molecule has 0 bridgehead atoms. The van der Waals surface area contributed by atoms with Crippen LogP contribution in [-0.4, -0.2) is 65.0 Å². The van der Waals surface area contributed by atoms with Gasteiger partial charge in [-0.25, -0.2) is 17.5 Å². The molecule has 2 aliphatic rings. The van der Waals surface area contributed by atoms with Gasteiger partial charge in [0.25, 0.3) is 0 Å². The Labute approximate surface area is 207 Å². The minimum atomic E-state index is -4.30. The van der Waals surface area contributed by atoms with Gasteiger partial charge in [-0.1, -0.05) is 6.42 Å². The molecule has 1 aliphatic heterocycles. The van der Waals surface area contributed by atoms with E-state index in [0.717, 1.165) is 28.5 Å². The van der Waals surface area contributed by atoms with Crippen molar-refractivity contribution < 1.29 is 26.0 Å². The Morgan fingerprint density at radius 3 is 2.44 bits per heavy atom. The number of hydrogen-bond donors (Lipinski definition) is 0. The number of rotatable bonds is 6. The normalized spacial score (nSPS) is 20.6. The summed E-state index contributed by atoms with van der Waals surface area (Å²) in [6.07, 6.45) is -1.44. The molecule has 1 unspecified atom stereocenters. The molecule has 0 amide bonds. The molecule has 2 heterocycles. The monoisotopic (exact) mass is 524 g/mol. The summed E-state index contributed by atoms with van der Waals surface area (Å²) in [6.45, 7) is 2.22. The van der Waals surface area contributed by atoms with Crippen molar-refractivity contribution in [2.75, 3.05) is 26.2 Å². The molecule has 1 aliphatic carbocycles. The van der Waals surface area contributed by atoms with Gasteiger partial charge >= 0.3 is 6.18 Å². The number of halogens is 4. The molecular weight excluding hydrogens is 496 g/mol. The van der Waals surface area contributed by atoms with Gasteiger partial charge in [0, 0.05) is 37.6 Å². The van der Waals surface area contributed by atoms with Gasteiger partial charge in [0.1, 0.15) is 5.82 Å². The van der Waals surface area contributed by atoms with E-state index in [-0.39, 0.29) is 32.0 Å². The summed E-state index contributed by atoms with van der Waals surface area (Å²) in [6, 6.07) is 9.23. The maximum atomic E-state index is 13.4. The lowest BCUT2D eigenvalue weighted by Crippen LogP contribution is -2.53. The second-order valence-electron chi connectivity index (χ2n) is 9.67. The minimum Gasteiger partial charge on any atom is -0.293 e. The Kier molecular flexibility index (Phi) is 6.59. The van der Waals surface area contributed by atoms with Crippen molar-refractivity contribution in [3.8, 4) is 5.69 Å². The summed E-state index contributed by atoms with van der Waals surface area (Å²) < 4.78 is 82.0. The van der Waals surface area contributed by atoms with E-state index < -0.39 is 33.9 Å². The fraction of sp³-hybridized carbons (Fsp3) is 0.480. The van der Waals surface area contributed by atoms with Gasteiger partial charge in [-0.2, -0.15) is 22.6 Å². The van der Waals surface area contributed by atoms with Crippen LogP contribution in [0, 0.1) is 12.7 Å². The lowest BCUT2D eigenvalue weighted by molar-refractivity contribution is -0.140. The van der Waals surface area contributed by atoms with Crippen LogP contribution in [-0.2, 0) is 10.0 Å². The number of hydrogen-bond acceptors (Lipinski definition) is 4. The molecule has 0 N–H and O–H groups in total. The number of nitrogens with zero attached hydrogens (tertiary/aromatic N) is 4. The zero-order chi connectivity index (χ0) is 25.7. The molecule has 194 valence electrons. The van der Waals surface area contributed by atoms with Crippen LogP contribution in [0.4, 0.5) is 17.6 Å². The number of alkyl halides is 3. The van der Waals surface area contributed by atoms with Crippen molar-refractivity contribution in [1.29, 1.82) is 0 Å². The summed E-state index contributed by atoms with van der Waals surface area (Å²) in [5, 5.41) is 4.81. The van der Waals surface area contributed by atoms with Crippen molar-refractivity contribution in [3.63, 3.8) is 0 Å². The van der Waals surface area contributed by atoms with Gasteiger partial charge in [0.05, 0.1) is 29.1 Å². The summed E-state index contributed by atoms with van der Waals surface area (Å²) in [7, 11) is -3.49. The van der Waals surface area contributed by atoms with Gasteiger partial charge < -0.3 is 0 Å². The highest BCUT2D eigenvalue weighted by atomic mass is 32.2. The highest BCUT2D eigenvalue weighted by Crippen LogP contribution is 2.36. The predicted octanol–water partition coefficient (Wildman–Crippen LogP) is 4.97. The third-order valence-corrected chi connectivity index (χ3v) is 9.72. The first-order chi connectivity index (χ1) is 17.0. The number of fused-ring (bicyclic) bond motifs is 1. The molecule has 6 nitrogen and oxygen atoms in total. The highest BCUT2D eigenvalue weighted by Gasteiger charge is 2.41. The van der Waals surface area contributed by atoms with Crippen molar-refractivity contribution in [1.82, 2.24) is 19.0 Å². The first kappa shape index (κ1) is 25.2. The van der Waals surface area contributed by atoms with Crippen LogP contribution < -0.4 is 0 Å². The Balaban J connectivity index is 1.50. The summed E-state index contributed by atoms with van der Waals surface area (Å²) >= 11 is 0. The fourth-order valence-corrected chi connectivity index (χ4v) is 7.12. The van der Waals surface area contributed by atoms with Crippen LogP contribution in [0.3, 0.4) is 0 Å². The van der Waals surface area contributed by atoms with Gasteiger partial charge in [-0.15, -0.1) is 0 Å². The molecule has 1 atom stereocenters. The van der Waals surface area contributed by atoms with E-state index in [2.05, 4.69) is 5.10 Å². The minimum absolute atomic E-state index is 0.120.